The monoisotopic (exact) mass is 472 g/mol. The molecule has 1 aliphatic carbocycles. The van der Waals surface area contributed by atoms with Crippen molar-refractivity contribution in [2.45, 2.75) is 50.7 Å². The molecule has 0 radical (unpaired) electrons. The van der Waals surface area contributed by atoms with Gasteiger partial charge in [0, 0.05) is 12.1 Å². The molecule has 1 heterocycles. The second-order valence-corrected chi connectivity index (χ2v) is 8.81. The lowest BCUT2D eigenvalue weighted by Crippen LogP contribution is -2.43. The van der Waals surface area contributed by atoms with Gasteiger partial charge >= 0.3 is 0 Å². The zero-order chi connectivity index (χ0) is 24.5. The van der Waals surface area contributed by atoms with E-state index in [0.717, 1.165) is 42.6 Å². The predicted molar refractivity (Wildman–Crippen MR) is 138 cm³/mol. The molecule has 182 valence electrons. The van der Waals surface area contributed by atoms with Crippen molar-refractivity contribution < 1.29 is 14.0 Å². The molecule has 5 N–H and O–H groups in total. The van der Waals surface area contributed by atoms with Gasteiger partial charge in [-0.2, -0.15) is 0 Å². The van der Waals surface area contributed by atoms with Crippen molar-refractivity contribution in [2.24, 2.45) is 0 Å². The number of furan rings is 1. The molecule has 7 nitrogen and oxygen atoms in total. The van der Waals surface area contributed by atoms with Gasteiger partial charge in [0.25, 0.3) is 0 Å². The molecule has 7 heteroatoms. The molecule has 1 saturated carbocycles. The van der Waals surface area contributed by atoms with Crippen LogP contribution < -0.4 is 21.7 Å². The fourth-order valence-corrected chi connectivity index (χ4v) is 4.27. The van der Waals surface area contributed by atoms with Crippen LogP contribution in [0.25, 0.3) is 6.08 Å². The molecular weight excluding hydrogens is 440 g/mol. The van der Waals surface area contributed by atoms with Gasteiger partial charge in [-0.05, 0) is 54.3 Å². The van der Waals surface area contributed by atoms with Crippen LogP contribution in [0.3, 0.4) is 0 Å². The van der Waals surface area contributed by atoms with Gasteiger partial charge in [0.15, 0.2) is 0 Å². The Bertz CT molecular complexity index is 1130. The van der Waals surface area contributed by atoms with E-state index in [4.69, 9.17) is 10.2 Å². The second kappa shape index (κ2) is 12.0. The van der Waals surface area contributed by atoms with Crippen molar-refractivity contribution in [3.05, 3.63) is 89.9 Å². The van der Waals surface area contributed by atoms with Gasteiger partial charge in [0.05, 0.1) is 24.2 Å². The number of nitrogen functional groups attached to an aromatic ring is 1. The van der Waals surface area contributed by atoms with Crippen LogP contribution in [0.2, 0.25) is 0 Å². The molecule has 0 bridgehead atoms. The average molecular weight is 473 g/mol. The molecule has 3 aromatic rings. The van der Waals surface area contributed by atoms with E-state index in [-0.39, 0.29) is 17.9 Å². The van der Waals surface area contributed by atoms with Crippen molar-refractivity contribution in [1.82, 2.24) is 10.6 Å². The first kappa shape index (κ1) is 24.3. The molecule has 0 spiro atoms. The summed E-state index contributed by atoms with van der Waals surface area (Å²) < 4.78 is 5.42. The highest BCUT2D eigenvalue weighted by Crippen LogP contribution is 2.21. The Hall–Kier alpha value is -3.84. The molecule has 1 aromatic heterocycles. The molecule has 1 fully saturated rings. The number of anilines is 2. The topological polar surface area (TPSA) is 109 Å². The second-order valence-electron chi connectivity index (χ2n) is 8.81. The van der Waals surface area contributed by atoms with Crippen LogP contribution in [-0.4, -0.2) is 17.9 Å². The number of benzene rings is 2. The SMILES string of the molecule is Nc1ccccc1NC(=O)C=Cc1ccc(C(NCc2ccco2)C(=O)NC2CCCCC2)cc1. The van der Waals surface area contributed by atoms with Crippen LogP contribution in [0.5, 0.6) is 0 Å². The van der Waals surface area contributed by atoms with Gasteiger partial charge in [-0.1, -0.05) is 55.7 Å². The van der Waals surface area contributed by atoms with Crippen LogP contribution in [0.4, 0.5) is 11.4 Å². The van der Waals surface area contributed by atoms with Crippen molar-refractivity contribution in [1.29, 1.82) is 0 Å². The lowest BCUT2D eigenvalue weighted by Gasteiger charge is -2.26. The normalized spacial score (nSPS) is 15.1. The number of amides is 2. The number of hydrogen-bond donors (Lipinski definition) is 4. The fraction of sp³-hybridized carbons (Fsp3) is 0.286. The van der Waals surface area contributed by atoms with Crippen LogP contribution in [-0.2, 0) is 16.1 Å². The first-order valence-corrected chi connectivity index (χ1v) is 12.1. The number of rotatable bonds is 9. The van der Waals surface area contributed by atoms with Crippen LogP contribution in [0, 0.1) is 0 Å². The largest absolute Gasteiger partial charge is 0.468 e. The number of hydrogen-bond acceptors (Lipinski definition) is 5. The Balaban J connectivity index is 1.41. The summed E-state index contributed by atoms with van der Waals surface area (Å²) in [6.45, 7) is 0.445. The third-order valence-electron chi connectivity index (χ3n) is 6.19. The minimum absolute atomic E-state index is 0.0356. The predicted octanol–water partition coefficient (Wildman–Crippen LogP) is 4.79. The molecule has 1 atom stereocenters. The molecule has 1 aliphatic rings. The van der Waals surface area contributed by atoms with Crippen molar-refractivity contribution in [2.75, 3.05) is 11.1 Å². The summed E-state index contributed by atoms with van der Waals surface area (Å²) in [7, 11) is 0. The summed E-state index contributed by atoms with van der Waals surface area (Å²) in [6.07, 6.45) is 10.4. The summed E-state index contributed by atoms with van der Waals surface area (Å²) >= 11 is 0. The van der Waals surface area contributed by atoms with E-state index in [9.17, 15) is 9.59 Å². The summed E-state index contributed by atoms with van der Waals surface area (Å²) in [6, 6.07) is 18.2. The molecule has 0 aliphatic heterocycles. The molecule has 35 heavy (non-hydrogen) atoms. The minimum atomic E-state index is -0.510. The summed E-state index contributed by atoms with van der Waals surface area (Å²) in [4.78, 5) is 25.5. The molecular formula is C28H32N4O3. The number of carbonyl (C=O) groups excluding carboxylic acids is 2. The molecule has 2 amide bonds. The average Bonchev–Trinajstić information content (AvgIpc) is 3.39. The number of carbonyl (C=O) groups is 2. The number of nitrogens with two attached hydrogens (primary N) is 1. The maximum absolute atomic E-state index is 13.2. The minimum Gasteiger partial charge on any atom is -0.468 e. The molecule has 2 aromatic carbocycles. The van der Waals surface area contributed by atoms with E-state index in [0.29, 0.717) is 17.9 Å². The summed E-state index contributed by atoms with van der Waals surface area (Å²) in [5.41, 5.74) is 8.66. The number of para-hydroxylation sites is 2. The Kier molecular flexibility index (Phi) is 8.35. The van der Waals surface area contributed by atoms with E-state index in [1.165, 1.54) is 12.5 Å². The van der Waals surface area contributed by atoms with Crippen LogP contribution >= 0.6 is 0 Å². The highest BCUT2D eigenvalue weighted by atomic mass is 16.3. The highest BCUT2D eigenvalue weighted by molar-refractivity contribution is 6.03. The van der Waals surface area contributed by atoms with Gasteiger partial charge in [-0.3, -0.25) is 14.9 Å². The summed E-state index contributed by atoms with van der Waals surface area (Å²) in [5.74, 6) is 0.466. The Morgan fingerprint density at radius 2 is 1.77 bits per heavy atom. The molecule has 0 saturated heterocycles. The van der Waals surface area contributed by atoms with E-state index in [1.807, 2.05) is 48.5 Å². The van der Waals surface area contributed by atoms with Crippen molar-refractivity contribution >= 4 is 29.3 Å². The van der Waals surface area contributed by atoms with E-state index >= 15 is 0 Å². The Morgan fingerprint density at radius 1 is 1.00 bits per heavy atom. The van der Waals surface area contributed by atoms with Gasteiger partial charge < -0.3 is 20.8 Å². The van der Waals surface area contributed by atoms with Crippen LogP contribution in [0.15, 0.2) is 77.4 Å². The fourth-order valence-electron chi connectivity index (χ4n) is 4.27. The third-order valence-corrected chi connectivity index (χ3v) is 6.19. The highest BCUT2D eigenvalue weighted by Gasteiger charge is 2.24. The lowest BCUT2D eigenvalue weighted by molar-refractivity contribution is -0.124. The van der Waals surface area contributed by atoms with E-state index in [1.54, 1.807) is 24.5 Å². The smallest absolute Gasteiger partial charge is 0.248 e. The quantitative estimate of drug-likeness (QED) is 0.264. The maximum atomic E-state index is 13.2. The van der Waals surface area contributed by atoms with Crippen molar-refractivity contribution in [3.63, 3.8) is 0 Å². The van der Waals surface area contributed by atoms with Gasteiger partial charge in [0.1, 0.15) is 11.8 Å². The number of nitrogens with one attached hydrogen (secondary N) is 3. The third kappa shape index (κ3) is 7.07. The van der Waals surface area contributed by atoms with E-state index in [2.05, 4.69) is 16.0 Å². The molecule has 1 unspecified atom stereocenters. The van der Waals surface area contributed by atoms with E-state index < -0.39 is 6.04 Å². The maximum Gasteiger partial charge on any atom is 0.248 e. The van der Waals surface area contributed by atoms with Crippen molar-refractivity contribution in [3.8, 4) is 0 Å². The first-order valence-electron chi connectivity index (χ1n) is 12.1. The first-order chi connectivity index (χ1) is 17.1. The standard InChI is InChI=1S/C28H32N4O3/c29-24-10-4-5-11-25(24)32-26(33)17-14-20-12-15-21(16-13-20)27(30-19-23-9-6-18-35-23)28(34)31-22-7-2-1-3-8-22/h4-6,9-18,22,27,30H,1-3,7-8,19,29H2,(H,31,34)(H,32,33). The zero-order valence-electron chi connectivity index (χ0n) is 19.7. The molecule has 4 rings (SSSR count). The zero-order valence-corrected chi connectivity index (χ0v) is 19.7. The van der Waals surface area contributed by atoms with Gasteiger partial charge in [-0.15, -0.1) is 0 Å². The Labute approximate surface area is 205 Å². The summed E-state index contributed by atoms with van der Waals surface area (Å²) in [5, 5.41) is 9.32. The lowest BCUT2D eigenvalue weighted by atomic mass is 9.95. The van der Waals surface area contributed by atoms with Gasteiger partial charge in [0.2, 0.25) is 11.8 Å². The van der Waals surface area contributed by atoms with Gasteiger partial charge in [-0.25, -0.2) is 0 Å². The van der Waals surface area contributed by atoms with Crippen LogP contribution in [0.1, 0.15) is 55.0 Å². The Morgan fingerprint density at radius 3 is 2.49 bits per heavy atom.